The highest BCUT2D eigenvalue weighted by Crippen LogP contribution is 2.11. The van der Waals surface area contributed by atoms with Gasteiger partial charge in [0.15, 0.2) is 0 Å². The number of benzene rings is 1. The van der Waals surface area contributed by atoms with E-state index in [4.69, 9.17) is 5.11 Å². The van der Waals surface area contributed by atoms with E-state index < -0.39 is 11.9 Å². The van der Waals surface area contributed by atoms with E-state index in [1.165, 1.54) is 24.9 Å². The van der Waals surface area contributed by atoms with Gasteiger partial charge in [-0.05, 0) is 6.07 Å². The van der Waals surface area contributed by atoms with Crippen molar-refractivity contribution < 1.29 is 19.1 Å². The number of carbonyl (C=O) groups excluding carboxylic acids is 1. The van der Waals surface area contributed by atoms with Crippen LogP contribution in [0, 0.1) is 11.7 Å². The van der Waals surface area contributed by atoms with Crippen LogP contribution in [-0.2, 0) is 16.1 Å². The molecule has 4 nitrogen and oxygen atoms in total. The van der Waals surface area contributed by atoms with Crippen LogP contribution in [-0.4, -0.2) is 28.9 Å². The summed E-state index contributed by atoms with van der Waals surface area (Å²) in [7, 11) is 1.53. The van der Waals surface area contributed by atoms with E-state index in [1.54, 1.807) is 18.2 Å². The SMILES string of the molecule is CC(CC(=O)N(C)Cc1ccccc1F)C(=O)O. The molecule has 1 N–H and O–H groups in total. The van der Waals surface area contributed by atoms with Gasteiger partial charge in [-0.1, -0.05) is 25.1 Å². The normalized spacial score (nSPS) is 11.9. The number of rotatable bonds is 5. The Hall–Kier alpha value is -1.91. The van der Waals surface area contributed by atoms with Crippen molar-refractivity contribution in [1.82, 2.24) is 4.90 Å². The first-order valence-electron chi connectivity index (χ1n) is 5.62. The van der Waals surface area contributed by atoms with Crippen molar-refractivity contribution in [3.05, 3.63) is 35.6 Å². The van der Waals surface area contributed by atoms with Gasteiger partial charge in [0.25, 0.3) is 0 Å². The Kier molecular flexibility index (Phi) is 4.83. The number of hydrogen-bond acceptors (Lipinski definition) is 2. The Morgan fingerprint density at radius 2 is 2.00 bits per heavy atom. The van der Waals surface area contributed by atoms with E-state index in [1.807, 2.05) is 0 Å². The summed E-state index contributed by atoms with van der Waals surface area (Å²) in [5.41, 5.74) is 0.413. The van der Waals surface area contributed by atoms with E-state index in [2.05, 4.69) is 0 Å². The minimum atomic E-state index is -1.01. The third-order valence-corrected chi connectivity index (χ3v) is 2.69. The maximum Gasteiger partial charge on any atom is 0.306 e. The Balaban J connectivity index is 2.60. The fourth-order valence-electron chi connectivity index (χ4n) is 1.48. The molecular formula is C13H16FNO3. The summed E-state index contributed by atoms with van der Waals surface area (Å²) in [4.78, 5) is 23.7. The molecular weight excluding hydrogens is 237 g/mol. The summed E-state index contributed by atoms with van der Waals surface area (Å²) in [6.45, 7) is 1.61. The molecule has 18 heavy (non-hydrogen) atoms. The average molecular weight is 253 g/mol. The summed E-state index contributed by atoms with van der Waals surface area (Å²) in [5, 5.41) is 8.72. The van der Waals surface area contributed by atoms with Gasteiger partial charge in [0, 0.05) is 25.6 Å². The molecule has 0 heterocycles. The second-order valence-corrected chi connectivity index (χ2v) is 4.28. The van der Waals surface area contributed by atoms with Crippen LogP contribution in [0.1, 0.15) is 18.9 Å². The zero-order chi connectivity index (χ0) is 13.7. The third-order valence-electron chi connectivity index (χ3n) is 2.69. The second-order valence-electron chi connectivity index (χ2n) is 4.28. The number of carboxylic acids is 1. The summed E-state index contributed by atoms with van der Waals surface area (Å²) in [6, 6.07) is 6.19. The molecule has 0 saturated carbocycles. The zero-order valence-electron chi connectivity index (χ0n) is 10.4. The number of halogens is 1. The molecule has 0 radical (unpaired) electrons. The van der Waals surface area contributed by atoms with E-state index >= 15 is 0 Å². The topological polar surface area (TPSA) is 57.6 Å². The lowest BCUT2D eigenvalue weighted by Gasteiger charge is -2.18. The number of hydrogen-bond donors (Lipinski definition) is 1. The van der Waals surface area contributed by atoms with Crippen molar-refractivity contribution in [3.8, 4) is 0 Å². The standard InChI is InChI=1S/C13H16FNO3/c1-9(13(17)18)7-12(16)15(2)8-10-5-3-4-6-11(10)14/h3-6,9H,7-8H2,1-2H3,(H,17,18). The van der Waals surface area contributed by atoms with Crippen molar-refractivity contribution in [3.63, 3.8) is 0 Å². The van der Waals surface area contributed by atoms with Gasteiger partial charge < -0.3 is 10.0 Å². The molecule has 0 aliphatic rings. The molecule has 1 amide bonds. The summed E-state index contributed by atoms with van der Waals surface area (Å²) < 4.78 is 13.4. The Labute approximate surface area is 105 Å². The molecule has 98 valence electrons. The number of nitrogens with zero attached hydrogens (tertiary/aromatic N) is 1. The van der Waals surface area contributed by atoms with Gasteiger partial charge in [-0.15, -0.1) is 0 Å². The van der Waals surface area contributed by atoms with E-state index in [-0.39, 0.29) is 24.7 Å². The van der Waals surface area contributed by atoms with Gasteiger partial charge >= 0.3 is 5.97 Å². The molecule has 0 aliphatic heterocycles. The lowest BCUT2D eigenvalue weighted by molar-refractivity contribution is -0.145. The molecule has 0 fully saturated rings. The van der Waals surface area contributed by atoms with Gasteiger partial charge in [0.2, 0.25) is 5.91 Å². The fraction of sp³-hybridized carbons (Fsp3) is 0.385. The lowest BCUT2D eigenvalue weighted by Crippen LogP contribution is -2.29. The second kappa shape index (κ2) is 6.14. The Morgan fingerprint density at radius 3 is 2.56 bits per heavy atom. The highest BCUT2D eigenvalue weighted by Gasteiger charge is 2.19. The van der Waals surface area contributed by atoms with E-state index in [0.717, 1.165) is 0 Å². The van der Waals surface area contributed by atoms with Crippen LogP contribution in [0.2, 0.25) is 0 Å². The van der Waals surface area contributed by atoms with Crippen LogP contribution < -0.4 is 0 Å². The Bertz CT molecular complexity index is 448. The predicted octanol–water partition coefficient (Wildman–Crippen LogP) is 1.89. The molecule has 1 rings (SSSR count). The number of carboxylic acid groups (broad SMARTS) is 1. The molecule has 1 unspecified atom stereocenters. The highest BCUT2D eigenvalue weighted by molar-refractivity contribution is 5.81. The first-order valence-corrected chi connectivity index (χ1v) is 5.62. The molecule has 0 bridgehead atoms. The first-order chi connectivity index (χ1) is 8.41. The van der Waals surface area contributed by atoms with Crippen molar-refractivity contribution >= 4 is 11.9 Å². The van der Waals surface area contributed by atoms with Crippen molar-refractivity contribution in [2.45, 2.75) is 19.9 Å². The lowest BCUT2D eigenvalue weighted by atomic mass is 10.1. The van der Waals surface area contributed by atoms with Gasteiger partial charge in [-0.3, -0.25) is 9.59 Å². The van der Waals surface area contributed by atoms with Crippen LogP contribution in [0.15, 0.2) is 24.3 Å². The van der Waals surface area contributed by atoms with Gasteiger partial charge in [0.05, 0.1) is 5.92 Å². The predicted molar refractivity (Wildman–Crippen MR) is 64.3 cm³/mol. The molecule has 1 aromatic rings. The van der Waals surface area contributed by atoms with Gasteiger partial charge in [0.1, 0.15) is 5.82 Å². The van der Waals surface area contributed by atoms with E-state index in [0.29, 0.717) is 5.56 Å². The smallest absolute Gasteiger partial charge is 0.306 e. The van der Waals surface area contributed by atoms with Gasteiger partial charge in [-0.2, -0.15) is 0 Å². The maximum atomic E-state index is 13.4. The average Bonchev–Trinajstić information content (AvgIpc) is 2.31. The molecule has 0 aliphatic carbocycles. The number of carbonyl (C=O) groups is 2. The van der Waals surface area contributed by atoms with Crippen molar-refractivity contribution in [2.24, 2.45) is 5.92 Å². The molecule has 0 saturated heterocycles. The largest absolute Gasteiger partial charge is 0.481 e. The summed E-state index contributed by atoms with van der Waals surface area (Å²) in [6.07, 6.45) is -0.0830. The fourth-order valence-corrected chi connectivity index (χ4v) is 1.48. The number of amides is 1. The minimum Gasteiger partial charge on any atom is -0.481 e. The van der Waals surface area contributed by atoms with Crippen LogP contribution in [0.25, 0.3) is 0 Å². The summed E-state index contributed by atoms with van der Waals surface area (Å²) >= 11 is 0. The van der Waals surface area contributed by atoms with Crippen molar-refractivity contribution in [1.29, 1.82) is 0 Å². The van der Waals surface area contributed by atoms with Crippen LogP contribution in [0.4, 0.5) is 4.39 Å². The molecule has 0 aromatic heterocycles. The third kappa shape index (κ3) is 3.84. The van der Waals surface area contributed by atoms with Crippen LogP contribution in [0.5, 0.6) is 0 Å². The van der Waals surface area contributed by atoms with Gasteiger partial charge in [-0.25, -0.2) is 4.39 Å². The maximum absolute atomic E-state index is 13.4. The van der Waals surface area contributed by atoms with Crippen LogP contribution >= 0.6 is 0 Å². The zero-order valence-corrected chi connectivity index (χ0v) is 10.4. The highest BCUT2D eigenvalue weighted by atomic mass is 19.1. The first kappa shape index (κ1) is 14.2. The quantitative estimate of drug-likeness (QED) is 0.871. The molecule has 5 heteroatoms. The molecule has 1 aromatic carbocycles. The van der Waals surface area contributed by atoms with Crippen LogP contribution in [0.3, 0.4) is 0 Å². The monoisotopic (exact) mass is 253 g/mol. The molecule has 1 atom stereocenters. The van der Waals surface area contributed by atoms with E-state index in [9.17, 15) is 14.0 Å². The number of aliphatic carboxylic acids is 1. The molecule has 0 spiro atoms. The Morgan fingerprint density at radius 1 is 1.39 bits per heavy atom. The minimum absolute atomic E-state index is 0.0830. The van der Waals surface area contributed by atoms with Crippen molar-refractivity contribution in [2.75, 3.05) is 7.05 Å². The summed E-state index contributed by atoms with van der Waals surface area (Å²) in [5.74, 6) is -2.43.